The number of hydrogen-bond donors (Lipinski definition) is 0. The maximum Gasteiger partial charge on any atom is 0.301 e. The number of aromatic nitrogens is 1. The van der Waals surface area contributed by atoms with Crippen LogP contribution >= 0.6 is 23.4 Å². The summed E-state index contributed by atoms with van der Waals surface area (Å²) < 4.78 is 0. The second-order valence-electron chi connectivity index (χ2n) is 3.11. The molecule has 0 unspecified atom stereocenters. The summed E-state index contributed by atoms with van der Waals surface area (Å²) in [6.45, 7) is 0. The highest BCUT2D eigenvalue weighted by Crippen LogP contribution is 2.37. The summed E-state index contributed by atoms with van der Waals surface area (Å²) in [7, 11) is 0. The second-order valence-corrected chi connectivity index (χ2v) is 4.58. The summed E-state index contributed by atoms with van der Waals surface area (Å²) in [6.07, 6.45) is 1.64. The van der Waals surface area contributed by atoms with Gasteiger partial charge in [-0.15, -0.1) is 0 Å². The minimum Gasteiger partial charge on any atom is -0.258 e. The van der Waals surface area contributed by atoms with Gasteiger partial charge in [-0.3, -0.25) is 10.1 Å². The van der Waals surface area contributed by atoms with Crippen molar-refractivity contribution in [3.05, 3.63) is 57.7 Å². The van der Waals surface area contributed by atoms with Crippen LogP contribution in [0.4, 0.5) is 5.69 Å². The van der Waals surface area contributed by atoms with Gasteiger partial charge in [0.05, 0.1) is 9.82 Å². The van der Waals surface area contributed by atoms with Crippen LogP contribution in [0.25, 0.3) is 0 Å². The SMILES string of the molecule is O=[N+]([O-])c1c(Cl)cccc1Sc1ccccn1. The Bertz CT molecular complexity index is 548. The average Bonchev–Trinajstić information content (AvgIpc) is 2.30. The molecular weight excluding hydrogens is 260 g/mol. The molecular formula is C11H7ClN2O2S. The van der Waals surface area contributed by atoms with Gasteiger partial charge < -0.3 is 0 Å². The molecule has 4 nitrogen and oxygen atoms in total. The number of nitro groups is 1. The Hall–Kier alpha value is -1.59. The lowest BCUT2D eigenvalue weighted by molar-refractivity contribution is -0.387. The van der Waals surface area contributed by atoms with E-state index in [1.807, 2.05) is 6.07 Å². The quantitative estimate of drug-likeness (QED) is 0.626. The summed E-state index contributed by atoms with van der Waals surface area (Å²) >= 11 is 7.03. The molecule has 0 atom stereocenters. The Morgan fingerprint density at radius 3 is 2.71 bits per heavy atom. The lowest BCUT2D eigenvalue weighted by Crippen LogP contribution is -1.92. The van der Waals surface area contributed by atoms with E-state index in [4.69, 9.17) is 11.6 Å². The van der Waals surface area contributed by atoms with Crippen LogP contribution in [-0.2, 0) is 0 Å². The molecule has 0 aliphatic rings. The zero-order valence-corrected chi connectivity index (χ0v) is 10.1. The summed E-state index contributed by atoms with van der Waals surface area (Å²) in [6, 6.07) is 10.2. The van der Waals surface area contributed by atoms with Gasteiger partial charge in [-0.2, -0.15) is 0 Å². The topological polar surface area (TPSA) is 56.0 Å². The monoisotopic (exact) mass is 266 g/mol. The highest BCUT2D eigenvalue weighted by atomic mass is 35.5. The molecule has 0 saturated heterocycles. The summed E-state index contributed by atoms with van der Waals surface area (Å²) in [5, 5.41) is 11.7. The Morgan fingerprint density at radius 1 is 1.24 bits per heavy atom. The van der Waals surface area contributed by atoms with Gasteiger partial charge in [0.1, 0.15) is 10.0 Å². The standard InChI is InChI=1S/C11H7ClN2O2S/c12-8-4-3-5-9(11(8)14(15)16)17-10-6-1-2-7-13-10/h1-7H. The fourth-order valence-corrected chi connectivity index (χ4v) is 2.49. The number of para-hydroxylation sites is 1. The molecule has 6 heteroatoms. The molecule has 0 fully saturated rings. The van der Waals surface area contributed by atoms with E-state index in [1.165, 1.54) is 17.8 Å². The predicted octanol–water partition coefficient (Wildman–Crippen LogP) is 3.79. The number of nitro benzene ring substituents is 1. The summed E-state index contributed by atoms with van der Waals surface area (Å²) in [4.78, 5) is 15.0. The third-order valence-corrected chi connectivity index (χ3v) is 3.29. The zero-order chi connectivity index (χ0) is 12.3. The number of hydrogen-bond acceptors (Lipinski definition) is 4. The Kier molecular flexibility index (Phi) is 3.61. The first-order valence-corrected chi connectivity index (χ1v) is 5.89. The van der Waals surface area contributed by atoms with E-state index < -0.39 is 4.92 Å². The lowest BCUT2D eigenvalue weighted by atomic mass is 10.3. The smallest absolute Gasteiger partial charge is 0.258 e. The van der Waals surface area contributed by atoms with E-state index >= 15 is 0 Å². The lowest BCUT2D eigenvalue weighted by Gasteiger charge is -2.03. The normalized spacial score (nSPS) is 10.2. The van der Waals surface area contributed by atoms with Crippen LogP contribution in [0.3, 0.4) is 0 Å². The number of benzene rings is 1. The van der Waals surface area contributed by atoms with Gasteiger partial charge in [-0.05, 0) is 24.3 Å². The van der Waals surface area contributed by atoms with Crippen LogP contribution in [0.2, 0.25) is 5.02 Å². The largest absolute Gasteiger partial charge is 0.301 e. The molecule has 0 N–H and O–H groups in total. The third kappa shape index (κ3) is 2.75. The number of halogens is 1. The van der Waals surface area contributed by atoms with Crippen molar-refractivity contribution in [1.29, 1.82) is 0 Å². The first kappa shape index (κ1) is 11.9. The van der Waals surface area contributed by atoms with Crippen molar-refractivity contribution in [3.8, 4) is 0 Å². The van der Waals surface area contributed by atoms with Crippen molar-refractivity contribution >= 4 is 29.1 Å². The van der Waals surface area contributed by atoms with Gasteiger partial charge in [0.15, 0.2) is 0 Å². The van der Waals surface area contributed by atoms with Crippen molar-refractivity contribution in [2.45, 2.75) is 9.92 Å². The predicted molar refractivity (Wildman–Crippen MR) is 66.5 cm³/mol. The van der Waals surface area contributed by atoms with Gasteiger partial charge in [0.25, 0.3) is 0 Å². The molecule has 0 aliphatic heterocycles. The van der Waals surface area contributed by atoms with E-state index in [1.54, 1.807) is 30.5 Å². The maximum atomic E-state index is 10.9. The molecule has 17 heavy (non-hydrogen) atoms. The Morgan fingerprint density at radius 2 is 2.06 bits per heavy atom. The third-order valence-electron chi connectivity index (χ3n) is 1.98. The van der Waals surface area contributed by atoms with Crippen LogP contribution in [0.1, 0.15) is 0 Å². The molecule has 2 rings (SSSR count). The van der Waals surface area contributed by atoms with Crippen LogP contribution in [0.15, 0.2) is 52.5 Å². The van der Waals surface area contributed by atoms with Crippen LogP contribution < -0.4 is 0 Å². The minimum absolute atomic E-state index is 0.0789. The van der Waals surface area contributed by atoms with Crippen LogP contribution in [0.5, 0.6) is 0 Å². The fourth-order valence-electron chi connectivity index (χ4n) is 1.28. The molecule has 2 aromatic rings. The second kappa shape index (κ2) is 5.16. The van der Waals surface area contributed by atoms with Crippen molar-refractivity contribution in [1.82, 2.24) is 4.98 Å². The molecule has 0 saturated carbocycles. The van der Waals surface area contributed by atoms with Crippen molar-refractivity contribution < 1.29 is 4.92 Å². The van der Waals surface area contributed by atoms with E-state index in [0.29, 0.717) is 9.92 Å². The van der Waals surface area contributed by atoms with E-state index in [0.717, 1.165) is 0 Å². The summed E-state index contributed by atoms with van der Waals surface area (Å²) in [5.74, 6) is 0. The van der Waals surface area contributed by atoms with Crippen LogP contribution in [0, 0.1) is 10.1 Å². The van der Waals surface area contributed by atoms with Gasteiger partial charge in [0, 0.05) is 6.20 Å². The Balaban J connectivity index is 2.40. The van der Waals surface area contributed by atoms with Gasteiger partial charge in [-0.25, -0.2) is 4.98 Å². The number of pyridine rings is 1. The van der Waals surface area contributed by atoms with Gasteiger partial charge >= 0.3 is 5.69 Å². The fraction of sp³-hybridized carbons (Fsp3) is 0. The average molecular weight is 267 g/mol. The highest BCUT2D eigenvalue weighted by Gasteiger charge is 2.19. The Labute approximate surface area is 107 Å². The van der Waals surface area contributed by atoms with E-state index in [2.05, 4.69) is 4.98 Å². The summed E-state index contributed by atoms with van der Waals surface area (Å²) in [5.41, 5.74) is -0.0789. The zero-order valence-electron chi connectivity index (χ0n) is 8.54. The highest BCUT2D eigenvalue weighted by molar-refractivity contribution is 7.99. The molecule has 0 amide bonds. The van der Waals surface area contributed by atoms with Crippen LogP contribution in [-0.4, -0.2) is 9.91 Å². The molecule has 0 bridgehead atoms. The minimum atomic E-state index is -0.479. The van der Waals surface area contributed by atoms with E-state index in [9.17, 15) is 10.1 Å². The van der Waals surface area contributed by atoms with Crippen molar-refractivity contribution in [2.75, 3.05) is 0 Å². The molecule has 0 spiro atoms. The molecule has 0 radical (unpaired) electrons. The van der Waals surface area contributed by atoms with Gasteiger partial charge in [0.2, 0.25) is 0 Å². The first-order chi connectivity index (χ1) is 8.18. The number of nitrogens with zero attached hydrogens (tertiary/aromatic N) is 2. The number of rotatable bonds is 3. The molecule has 0 aliphatic carbocycles. The van der Waals surface area contributed by atoms with Crippen molar-refractivity contribution in [2.24, 2.45) is 0 Å². The molecule has 1 aromatic carbocycles. The van der Waals surface area contributed by atoms with E-state index in [-0.39, 0.29) is 10.7 Å². The van der Waals surface area contributed by atoms with Gasteiger partial charge in [-0.1, -0.05) is 35.5 Å². The first-order valence-electron chi connectivity index (χ1n) is 4.70. The maximum absolute atomic E-state index is 10.9. The molecule has 1 aromatic heterocycles. The molecule has 86 valence electrons. The van der Waals surface area contributed by atoms with Crippen molar-refractivity contribution in [3.63, 3.8) is 0 Å². The molecule has 1 heterocycles.